The number of carbonyl (C=O) groups is 2. The fourth-order valence-electron chi connectivity index (χ4n) is 4.26. The first kappa shape index (κ1) is 28.2. The van der Waals surface area contributed by atoms with Gasteiger partial charge in [0, 0.05) is 24.6 Å². The number of fused-ring (bicyclic) bond motifs is 1. The smallest absolute Gasteiger partial charge is 0.396 e. The zero-order valence-corrected chi connectivity index (χ0v) is 21.0. The molecule has 9 nitrogen and oxygen atoms in total. The Kier molecular flexibility index (Phi) is 7.83. The van der Waals surface area contributed by atoms with Crippen molar-refractivity contribution in [3.05, 3.63) is 88.1 Å². The maximum absolute atomic E-state index is 14.2. The topological polar surface area (TPSA) is 138 Å². The van der Waals surface area contributed by atoms with Gasteiger partial charge in [-0.1, -0.05) is 12.1 Å². The van der Waals surface area contributed by atoms with Crippen LogP contribution in [0.2, 0.25) is 0 Å². The van der Waals surface area contributed by atoms with Crippen LogP contribution in [0.3, 0.4) is 0 Å². The van der Waals surface area contributed by atoms with Gasteiger partial charge in [-0.25, -0.2) is 9.37 Å². The van der Waals surface area contributed by atoms with Gasteiger partial charge in [-0.15, -0.1) is 0 Å². The van der Waals surface area contributed by atoms with E-state index in [1.807, 2.05) is 6.07 Å². The highest BCUT2D eigenvalue weighted by molar-refractivity contribution is 6.11. The summed E-state index contributed by atoms with van der Waals surface area (Å²) in [6.45, 7) is 0.476. The predicted molar refractivity (Wildman–Crippen MR) is 136 cm³/mol. The molecule has 0 saturated heterocycles. The Balaban J connectivity index is 1.86. The summed E-state index contributed by atoms with van der Waals surface area (Å²) in [6, 6.07) is 12.5. The van der Waals surface area contributed by atoms with Crippen LogP contribution in [0, 0.1) is 24.1 Å². The van der Waals surface area contributed by atoms with Crippen LogP contribution in [0.1, 0.15) is 49.8 Å². The van der Waals surface area contributed by atoms with Crippen molar-refractivity contribution in [2.75, 3.05) is 18.1 Å². The molecule has 0 atom stereocenters. The second-order valence-electron chi connectivity index (χ2n) is 8.86. The van der Waals surface area contributed by atoms with Crippen LogP contribution in [-0.4, -0.2) is 44.8 Å². The first-order valence-corrected chi connectivity index (χ1v) is 11.9. The van der Waals surface area contributed by atoms with Crippen LogP contribution < -0.4 is 10.6 Å². The number of amides is 2. The summed E-state index contributed by atoms with van der Waals surface area (Å²) in [5.74, 6) is -2.69. The molecule has 0 spiro atoms. The van der Waals surface area contributed by atoms with Crippen molar-refractivity contribution in [1.82, 2.24) is 14.8 Å². The van der Waals surface area contributed by atoms with Crippen LogP contribution in [0.5, 0.6) is 0 Å². The monoisotopic (exact) mass is 554 g/mol. The van der Waals surface area contributed by atoms with Crippen LogP contribution in [0.4, 0.5) is 23.2 Å². The number of nitrogens with zero attached hydrogens (tertiary/aromatic N) is 5. The van der Waals surface area contributed by atoms with Gasteiger partial charge in [0.15, 0.2) is 5.69 Å². The number of nitriles is 1. The Morgan fingerprint density at radius 1 is 1.15 bits per heavy atom. The molecule has 0 unspecified atom stereocenters. The Morgan fingerprint density at radius 3 is 2.45 bits per heavy atom. The van der Waals surface area contributed by atoms with Gasteiger partial charge in [0.05, 0.1) is 40.6 Å². The number of hydrogen-bond acceptors (Lipinski definition) is 6. The number of rotatable bonds is 8. The van der Waals surface area contributed by atoms with E-state index in [1.54, 1.807) is 12.1 Å². The average Bonchev–Trinajstić information content (AvgIpc) is 3.24. The summed E-state index contributed by atoms with van der Waals surface area (Å²) >= 11 is 0. The number of anilines is 1. The fourth-order valence-corrected chi connectivity index (χ4v) is 4.26. The lowest BCUT2D eigenvalue weighted by Gasteiger charge is -2.24. The Labute approximate surface area is 225 Å². The number of alkyl halides is 3. The third-order valence-corrected chi connectivity index (χ3v) is 6.17. The minimum absolute atomic E-state index is 0.00932. The number of aliphatic hydroxyl groups excluding tert-OH is 1. The molecule has 0 aliphatic carbocycles. The number of aliphatic hydroxyl groups is 1. The SMILES string of the molecule is Cc1c(N(CCCO)C(=O)c2cc(C(N)=O)c3ccc(F)cc3n2)c(C(F)(F)F)nn1Cc1ccc(C#N)cc1. The van der Waals surface area contributed by atoms with E-state index in [1.165, 1.54) is 25.1 Å². The van der Waals surface area contributed by atoms with Crippen LogP contribution in [0.15, 0.2) is 48.5 Å². The summed E-state index contributed by atoms with van der Waals surface area (Å²) in [5, 5.41) is 22.3. The molecule has 40 heavy (non-hydrogen) atoms. The number of aromatic nitrogens is 3. The van der Waals surface area contributed by atoms with Crippen LogP contribution in [0.25, 0.3) is 10.9 Å². The second kappa shape index (κ2) is 11.1. The molecule has 0 saturated carbocycles. The van der Waals surface area contributed by atoms with Crippen molar-refractivity contribution in [1.29, 1.82) is 5.26 Å². The Bertz CT molecular complexity index is 1640. The van der Waals surface area contributed by atoms with Gasteiger partial charge < -0.3 is 15.7 Å². The highest BCUT2D eigenvalue weighted by Gasteiger charge is 2.42. The molecule has 4 rings (SSSR count). The number of benzene rings is 2. The number of primary amides is 1. The van der Waals surface area contributed by atoms with Crippen molar-refractivity contribution < 1.29 is 32.3 Å². The van der Waals surface area contributed by atoms with Crippen molar-refractivity contribution in [3.63, 3.8) is 0 Å². The molecule has 0 bridgehead atoms. The number of hydrogen-bond donors (Lipinski definition) is 2. The second-order valence-corrected chi connectivity index (χ2v) is 8.86. The van der Waals surface area contributed by atoms with Crippen molar-refractivity contribution in [2.45, 2.75) is 26.1 Å². The highest BCUT2D eigenvalue weighted by atomic mass is 19.4. The zero-order chi connectivity index (χ0) is 29.2. The van der Waals surface area contributed by atoms with E-state index in [0.717, 1.165) is 27.8 Å². The number of pyridine rings is 1. The molecular formula is C27H22F4N6O3. The normalized spacial score (nSPS) is 11.4. The van der Waals surface area contributed by atoms with Gasteiger partial charge in [-0.2, -0.15) is 23.5 Å². The van der Waals surface area contributed by atoms with Gasteiger partial charge in [-0.05, 0) is 49.2 Å². The first-order chi connectivity index (χ1) is 18.9. The van der Waals surface area contributed by atoms with Crippen molar-refractivity contribution in [2.24, 2.45) is 5.73 Å². The van der Waals surface area contributed by atoms with Gasteiger partial charge in [0.25, 0.3) is 5.91 Å². The molecule has 2 aromatic carbocycles. The van der Waals surface area contributed by atoms with Gasteiger partial charge in [0.1, 0.15) is 11.5 Å². The Hall–Kier alpha value is -4.83. The van der Waals surface area contributed by atoms with Crippen LogP contribution in [-0.2, 0) is 12.7 Å². The molecule has 2 aromatic heterocycles. The van der Waals surface area contributed by atoms with E-state index in [-0.39, 0.29) is 41.7 Å². The van der Waals surface area contributed by atoms with Gasteiger partial charge >= 0.3 is 6.18 Å². The molecule has 0 aliphatic heterocycles. The van der Waals surface area contributed by atoms with E-state index in [9.17, 15) is 32.3 Å². The Morgan fingerprint density at radius 2 is 1.85 bits per heavy atom. The van der Waals surface area contributed by atoms with E-state index in [4.69, 9.17) is 11.0 Å². The third-order valence-electron chi connectivity index (χ3n) is 6.17. The molecule has 4 aromatic rings. The van der Waals surface area contributed by atoms with Crippen molar-refractivity contribution in [3.8, 4) is 6.07 Å². The number of nitrogens with two attached hydrogens (primary N) is 1. The summed E-state index contributed by atoms with van der Waals surface area (Å²) in [7, 11) is 0. The molecule has 0 fully saturated rings. The molecular weight excluding hydrogens is 532 g/mol. The number of carbonyl (C=O) groups excluding carboxylic acids is 2. The molecule has 2 amide bonds. The number of halogens is 4. The van der Waals surface area contributed by atoms with E-state index in [2.05, 4.69) is 10.1 Å². The fraction of sp³-hybridized carbons (Fsp3) is 0.222. The van der Waals surface area contributed by atoms with Gasteiger partial charge in [0.2, 0.25) is 5.91 Å². The lowest BCUT2D eigenvalue weighted by Crippen LogP contribution is -2.35. The summed E-state index contributed by atoms with van der Waals surface area (Å²) in [4.78, 5) is 30.7. The largest absolute Gasteiger partial charge is 0.437 e. The van der Waals surface area contributed by atoms with Crippen molar-refractivity contribution >= 4 is 28.4 Å². The maximum atomic E-state index is 14.2. The third kappa shape index (κ3) is 5.62. The summed E-state index contributed by atoms with van der Waals surface area (Å²) < 4.78 is 57.7. The molecule has 13 heteroatoms. The van der Waals surface area contributed by atoms with E-state index < -0.39 is 47.5 Å². The lowest BCUT2D eigenvalue weighted by molar-refractivity contribution is -0.141. The predicted octanol–water partition coefficient (Wildman–Crippen LogP) is 3.95. The minimum atomic E-state index is -4.97. The quantitative estimate of drug-likeness (QED) is 0.317. The molecule has 3 N–H and O–H groups in total. The standard InChI is InChI=1S/C27H22F4N6O3/c1-15-23(24(27(29,30)31)35-37(15)14-17-5-3-16(13-32)4-6-17)36(9-2-10-38)26(40)22-12-20(25(33)39)19-8-7-18(28)11-21(19)34-22/h3-8,11-12,38H,2,9-10,14H2,1H3,(H2,33,39). The summed E-state index contributed by atoms with van der Waals surface area (Å²) in [6.07, 6.45) is -5.06. The highest BCUT2D eigenvalue weighted by Crippen LogP contribution is 2.39. The maximum Gasteiger partial charge on any atom is 0.437 e. The molecule has 206 valence electrons. The molecule has 2 heterocycles. The van der Waals surface area contributed by atoms with Crippen LogP contribution >= 0.6 is 0 Å². The van der Waals surface area contributed by atoms with E-state index in [0.29, 0.717) is 11.1 Å². The van der Waals surface area contributed by atoms with E-state index >= 15 is 0 Å². The molecule has 0 aliphatic rings. The summed E-state index contributed by atoms with van der Waals surface area (Å²) in [5.41, 5.74) is 3.78. The van der Waals surface area contributed by atoms with Gasteiger partial charge in [-0.3, -0.25) is 14.3 Å². The zero-order valence-electron chi connectivity index (χ0n) is 21.0. The molecule has 0 radical (unpaired) electrons. The minimum Gasteiger partial charge on any atom is -0.396 e. The average molecular weight is 555 g/mol. The lowest BCUT2D eigenvalue weighted by atomic mass is 10.1. The first-order valence-electron chi connectivity index (χ1n) is 11.9.